The summed E-state index contributed by atoms with van der Waals surface area (Å²) in [6, 6.07) is 6.68. The lowest BCUT2D eigenvalue weighted by atomic mass is 10.2. The Morgan fingerprint density at radius 3 is 2.57 bits per heavy atom. The number of ether oxygens (including phenoxy) is 1. The molecular weight excluding hydrogens is 390 g/mol. The summed E-state index contributed by atoms with van der Waals surface area (Å²) in [4.78, 5) is 16.2. The predicted molar refractivity (Wildman–Crippen MR) is 112 cm³/mol. The zero-order valence-electron chi connectivity index (χ0n) is 15.6. The number of fused-ring (bicyclic) bond motifs is 3. The lowest BCUT2D eigenvalue weighted by molar-refractivity contribution is 0.0402. The maximum atomic E-state index is 5.90. The van der Waals surface area contributed by atoms with Gasteiger partial charge in [0.05, 0.1) is 36.8 Å². The minimum Gasteiger partial charge on any atom is -0.371 e. The van der Waals surface area contributed by atoms with Crippen molar-refractivity contribution in [3.63, 3.8) is 0 Å². The second-order valence-corrected chi connectivity index (χ2v) is 9.04. The van der Waals surface area contributed by atoms with Gasteiger partial charge in [0.1, 0.15) is 22.4 Å². The average molecular weight is 412 g/mol. The van der Waals surface area contributed by atoms with Crippen molar-refractivity contribution in [3.05, 3.63) is 62.8 Å². The summed E-state index contributed by atoms with van der Waals surface area (Å²) >= 11 is 3.39. The molecule has 5 rings (SSSR count). The summed E-state index contributed by atoms with van der Waals surface area (Å²) in [5, 5.41) is 6.31. The number of aryl methyl sites for hydroxylation is 1. The summed E-state index contributed by atoms with van der Waals surface area (Å²) in [7, 11) is 0. The summed E-state index contributed by atoms with van der Waals surface area (Å²) in [5.41, 5.74) is 3.50. The molecule has 0 radical (unpaired) electrons. The van der Waals surface area contributed by atoms with Crippen molar-refractivity contribution in [3.8, 4) is 0 Å². The van der Waals surface area contributed by atoms with Crippen LogP contribution in [0.3, 0.4) is 0 Å². The number of hydrogen-bond donors (Lipinski definition) is 0. The first kappa shape index (κ1) is 17.9. The van der Waals surface area contributed by atoms with Crippen LogP contribution in [0.25, 0.3) is 11.0 Å². The second kappa shape index (κ2) is 7.71. The first-order chi connectivity index (χ1) is 13.8. The fraction of sp³-hybridized carbons (Fsp3) is 0.350. The molecule has 0 bridgehead atoms. The third kappa shape index (κ3) is 3.60. The Hall–Kier alpha value is -2.13. The standard InChI is InChI=1S/C20H21N5OS2/c1-14-2-3-16-17(8-14)25-15(12-26-13-18(25)23-16)9-24(10-19-21-4-6-27-19)11-20-22-5-7-28-20/h2-8,15H,9-13H2,1H3/t15-/m0/s1. The van der Waals surface area contributed by atoms with Gasteiger partial charge in [0.2, 0.25) is 0 Å². The van der Waals surface area contributed by atoms with Gasteiger partial charge in [-0.05, 0) is 24.6 Å². The largest absolute Gasteiger partial charge is 0.371 e. The molecule has 28 heavy (non-hydrogen) atoms. The van der Waals surface area contributed by atoms with Gasteiger partial charge in [0.25, 0.3) is 0 Å². The highest BCUT2D eigenvalue weighted by Crippen LogP contribution is 2.28. The number of rotatable bonds is 6. The van der Waals surface area contributed by atoms with Crippen molar-refractivity contribution >= 4 is 33.7 Å². The molecule has 144 valence electrons. The van der Waals surface area contributed by atoms with Gasteiger partial charge in [0.15, 0.2) is 0 Å². The fourth-order valence-corrected chi connectivity index (χ4v) is 5.10. The molecule has 1 atom stereocenters. The minimum absolute atomic E-state index is 0.218. The van der Waals surface area contributed by atoms with Gasteiger partial charge >= 0.3 is 0 Å². The van der Waals surface area contributed by atoms with Crippen LogP contribution in [0.4, 0.5) is 0 Å². The van der Waals surface area contributed by atoms with E-state index in [0.29, 0.717) is 13.2 Å². The number of imidazole rings is 1. The number of thiazole rings is 2. The highest BCUT2D eigenvalue weighted by molar-refractivity contribution is 7.09. The molecular formula is C20H21N5OS2. The van der Waals surface area contributed by atoms with Crippen molar-refractivity contribution in [1.29, 1.82) is 0 Å². The van der Waals surface area contributed by atoms with E-state index in [4.69, 9.17) is 9.72 Å². The molecule has 1 aromatic carbocycles. The molecule has 0 unspecified atom stereocenters. The van der Waals surface area contributed by atoms with E-state index in [0.717, 1.165) is 41.0 Å². The maximum absolute atomic E-state index is 5.90. The predicted octanol–water partition coefficient (Wildman–Crippen LogP) is 4.03. The van der Waals surface area contributed by atoms with E-state index in [9.17, 15) is 0 Å². The van der Waals surface area contributed by atoms with E-state index < -0.39 is 0 Å². The smallest absolute Gasteiger partial charge is 0.136 e. The Morgan fingerprint density at radius 1 is 1.14 bits per heavy atom. The Balaban J connectivity index is 1.46. The summed E-state index contributed by atoms with van der Waals surface area (Å²) in [6.07, 6.45) is 3.74. The van der Waals surface area contributed by atoms with Crippen molar-refractivity contribution in [2.45, 2.75) is 32.7 Å². The van der Waals surface area contributed by atoms with Crippen molar-refractivity contribution in [2.24, 2.45) is 0 Å². The van der Waals surface area contributed by atoms with Crippen LogP contribution in [-0.2, 0) is 24.4 Å². The molecule has 4 heterocycles. The molecule has 6 nitrogen and oxygen atoms in total. The van der Waals surface area contributed by atoms with Crippen LogP contribution < -0.4 is 0 Å². The monoisotopic (exact) mass is 411 g/mol. The summed E-state index contributed by atoms with van der Waals surface area (Å²) in [5.74, 6) is 1.01. The minimum atomic E-state index is 0.218. The summed E-state index contributed by atoms with van der Waals surface area (Å²) in [6.45, 7) is 5.89. The van der Waals surface area contributed by atoms with Crippen molar-refractivity contribution in [1.82, 2.24) is 24.4 Å². The third-order valence-corrected chi connectivity index (χ3v) is 6.51. The highest BCUT2D eigenvalue weighted by atomic mass is 32.1. The maximum Gasteiger partial charge on any atom is 0.136 e. The van der Waals surface area contributed by atoms with E-state index in [2.05, 4.69) is 44.6 Å². The first-order valence-corrected chi connectivity index (χ1v) is 11.1. The van der Waals surface area contributed by atoms with Crippen LogP contribution >= 0.6 is 22.7 Å². The number of hydrogen-bond acceptors (Lipinski definition) is 7. The molecule has 8 heteroatoms. The SMILES string of the molecule is Cc1ccc2nc3n(c2c1)[C@@H](CN(Cc1nccs1)Cc1nccs1)COC3. The molecule has 0 fully saturated rings. The third-order valence-electron chi connectivity index (χ3n) is 4.98. The summed E-state index contributed by atoms with van der Waals surface area (Å²) < 4.78 is 8.28. The van der Waals surface area contributed by atoms with Gasteiger partial charge in [0, 0.05) is 29.7 Å². The van der Waals surface area contributed by atoms with Crippen LogP contribution in [0.5, 0.6) is 0 Å². The van der Waals surface area contributed by atoms with Crippen molar-refractivity contribution < 1.29 is 4.74 Å². The number of benzene rings is 1. The lowest BCUT2D eigenvalue weighted by Crippen LogP contribution is -2.35. The molecule has 1 aliphatic rings. The Bertz CT molecular complexity index is 1020. The molecule has 4 aromatic rings. The van der Waals surface area contributed by atoms with E-state index in [-0.39, 0.29) is 6.04 Å². The van der Waals surface area contributed by atoms with Crippen LogP contribution in [0.1, 0.15) is 27.4 Å². The average Bonchev–Trinajstić information content (AvgIpc) is 3.43. The van der Waals surface area contributed by atoms with Crippen molar-refractivity contribution in [2.75, 3.05) is 13.2 Å². The van der Waals surface area contributed by atoms with Gasteiger partial charge in [-0.1, -0.05) is 6.07 Å². The molecule has 0 saturated carbocycles. The molecule has 0 spiro atoms. The Morgan fingerprint density at radius 2 is 1.89 bits per heavy atom. The Kier molecular flexibility index (Phi) is 4.94. The zero-order valence-corrected chi connectivity index (χ0v) is 17.2. The van der Waals surface area contributed by atoms with E-state index in [1.54, 1.807) is 22.7 Å². The number of aromatic nitrogens is 4. The van der Waals surface area contributed by atoms with Gasteiger partial charge in [-0.15, -0.1) is 22.7 Å². The first-order valence-electron chi connectivity index (χ1n) is 9.30. The number of nitrogens with zero attached hydrogens (tertiary/aromatic N) is 5. The van der Waals surface area contributed by atoms with Crippen LogP contribution in [0.2, 0.25) is 0 Å². The normalized spacial score (nSPS) is 16.7. The second-order valence-electron chi connectivity index (χ2n) is 7.08. The van der Waals surface area contributed by atoms with Gasteiger partial charge in [-0.2, -0.15) is 0 Å². The van der Waals surface area contributed by atoms with Gasteiger partial charge in [-0.3, -0.25) is 4.90 Å². The lowest BCUT2D eigenvalue weighted by Gasteiger charge is -2.31. The molecule has 0 amide bonds. The highest BCUT2D eigenvalue weighted by Gasteiger charge is 2.26. The van der Waals surface area contributed by atoms with Crippen LogP contribution in [-0.4, -0.2) is 37.6 Å². The molecule has 0 N–H and O–H groups in total. The van der Waals surface area contributed by atoms with Gasteiger partial charge in [-0.25, -0.2) is 15.0 Å². The molecule has 3 aromatic heterocycles. The molecule has 0 saturated heterocycles. The Labute approximate surface area is 171 Å². The fourth-order valence-electron chi connectivity index (χ4n) is 3.79. The van der Waals surface area contributed by atoms with E-state index in [1.807, 2.05) is 23.2 Å². The zero-order chi connectivity index (χ0) is 18.9. The topological polar surface area (TPSA) is 56.1 Å². The molecule has 0 aliphatic carbocycles. The quantitative estimate of drug-likeness (QED) is 0.479. The van der Waals surface area contributed by atoms with Crippen LogP contribution in [0, 0.1) is 6.92 Å². The van der Waals surface area contributed by atoms with Gasteiger partial charge < -0.3 is 9.30 Å². The van der Waals surface area contributed by atoms with Crippen LogP contribution in [0.15, 0.2) is 41.4 Å². The van der Waals surface area contributed by atoms with E-state index >= 15 is 0 Å². The molecule has 1 aliphatic heterocycles. The van der Waals surface area contributed by atoms with E-state index in [1.165, 1.54) is 11.1 Å².